The van der Waals surface area contributed by atoms with E-state index >= 15 is 0 Å². The number of rotatable bonds is 0. The quantitative estimate of drug-likeness (QED) is 0.707. The predicted molar refractivity (Wildman–Crippen MR) is 64.7 cm³/mol. The van der Waals surface area contributed by atoms with Gasteiger partial charge in [0.05, 0.1) is 6.10 Å². The molecule has 98 valence electrons. The fraction of sp³-hybridized carbons (Fsp3) is 0.923. The number of ether oxygens (including phenoxy) is 1. The number of carbonyl (C=O) groups is 1. The molecule has 1 saturated carbocycles. The molecular weight excluding hydrogens is 218 g/mol. The second kappa shape index (κ2) is 4.16. The molecule has 1 spiro atoms. The Morgan fingerprint density at radius 2 is 2.12 bits per heavy atom. The van der Waals surface area contributed by atoms with Crippen molar-refractivity contribution >= 4 is 6.09 Å². The molecule has 1 amide bonds. The van der Waals surface area contributed by atoms with Crippen LogP contribution in [0.5, 0.6) is 0 Å². The second-order valence-corrected chi connectivity index (χ2v) is 6.42. The molecule has 2 rings (SSSR count). The SMILES string of the molecule is CC(C)(C)OC(=O)N1CC[C@]2(CCC[C@H]2O)C1. The third-order valence-corrected chi connectivity index (χ3v) is 3.90. The Morgan fingerprint density at radius 3 is 2.65 bits per heavy atom. The summed E-state index contributed by atoms with van der Waals surface area (Å²) >= 11 is 0. The third-order valence-electron chi connectivity index (χ3n) is 3.90. The van der Waals surface area contributed by atoms with Crippen LogP contribution in [0.3, 0.4) is 0 Å². The molecule has 2 atom stereocenters. The molecule has 4 nitrogen and oxygen atoms in total. The zero-order chi connectivity index (χ0) is 12.7. The van der Waals surface area contributed by atoms with Crippen molar-refractivity contribution in [3.05, 3.63) is 0 Å². The molecule has 17 heavy (non-hydrogen) atoms. The van der Waals surface area contributed by atoms with Crippen LogP contribution in [0, 0.1) is 5.41 Å². The summed E-state index contributed by atoms with van der Waals surface area (Å²) < 4.78 is 5.36. The Morgan fingerprint density at radius 1 is 1.41 bits per heavy atom. The molecule has 2 fully saturated rings. The first-order valence-electron chi connectivity index (χ1n) is 6.48. The van der Waals surface area contributed by atoms with Crippen molar-refractivity contribution in [2.75, 3.05) is 13.1 Å². The molecule has 0 unspecified atom stereocenters. The monoisotopic (exact) mass is 241 g/mol. The van der Waals surface area contributed by atoms with E-state index in [4.69, 9.17) is 4.74 Å². The number of carbonyl (C=O) groups excluding carboxylic acids is 1. The minimum absolute atomic E-state index is 0.0447. The fourth-order valence-corrected chi connectivity index (χ4v) is 2.97. The van der Waals surface area contributed by atoms with Gasteiger partial charge < -0.3 is 14.7 Å². The van der Waals surface area contributed by atoms with Gasteiger partial charge in [-0.1, -0.05) is 6.42 Å². The van der Waals surface area contributed by atoms with Crippen LogP contribution in [-0.2, 0) is 4.74 Å². The first kappa shape index (κ1) is 12.7. The Hall–Kier alpha value is -0.770. The van der Waals surface area contributed by atoms with Crippen LogP contribution in [0.1, 0.15) is 46.5 Å². The Kier molecular flexibility index (Phi) is 3.10. The average molecular weight is 241 g/mol. The maximum Gasteiger partial charge on any atom is 0.410 e. The average Bonchev–Trinajstić information content (AvgIpc) is 2.74. The molecule has 1 heterocycles. The van der Waals surface area contributed by atoms with E-state index in [1.165, 1.54) is 0 Å². The highest BCUT2D eigenvalue weighted by atomic mass is 16.6. The van der Waals surface area contributed by atoms with E-state index in [1.54, 1.807) is 4.90 Å². The lowest BCUT2D eigenvalue weighted by molar-refractivity contribution is 0.0204. The zero-order valence-electron chi connectivity index (χ0n) is 11.0. The van der Waals surface area contributed by atoms with Crippen molar-refractivity contribution < 1.29 is 14.6 Å². The zero-order valence-corrected chi connectivity index (χ0v) is 11.0. The summed E-state index contributed by atoms with van der Waals surface area (Å²) in [6, 6.07) is 0. The van der Waals surface area contributed by atoms with Gasteiger partial charge in [0, 0.05) is 18.5 Å². The molecule has 0 radical (unpaired) electrons. The number of likely N-dealkylation sites (tertiary alicyclic amines) is 1. The van der Waals surface area contributed by atoms with Gasteiger partial charge in [-0.05, 0) is 40.0 Å². The maximum absolute atomic E-state index is 11.9. The second-order valence-electron chi connectivity index (χ2n) is 6.42. The highest BCUT2D eigenvalue weighted by Gasteiger charge is 2.48. The lowest BCUT2D eigenvalue weighted by Gasteiger charge is -2.29. The van der Waals surface area contributed by atoms with Gasteiger partial charge in [0.1, 0.15) is 5.60 Å². The van der Waals surface area contributed by atoms with Crippen molar-refractivity contribution in [1.82, 2.24) is 4.90 Å². The van der Waals surface area contributed by atoms with Crippen LogP contribution in [0.25, 0.3) is 0 Å². The molecular formula is C13H23NO3. The summed E-state index contributed by atoms with van der Waals surface area (Å²) in [5.41, 5.74) is -0.488. The van der Waals surface area contributed by atoms with E-state index in [2.05, 4.69) is 0 Å². The van der Waals surface area contributed by atoms with Crippen LogP contribution in [0.15, 0.2) is 0 Å². The molecule has 4 heteroatoms. The minimum atomic E-state index is -0.443. The highest BCUT2D eigenvalue weighted by molar-refractivity contribution is 5.68. The Bertz CT molecular complexity index is 310. The van der Waals surface area contributed by atoms with Crippen LogP contribution in [-0.4, -0.2) is 40.9 Å². The van der Waals surface area contributed by atoms with Gasteiger partial charge in [-0.15, -0.1) is 0 Å². The fourth-order valence-electron chi connectivity index (χ4n) is 2.97. The van der Waals surface area contributed by atoms with E-state index in [0.29, 0.717) is 13.1 Å². The lowest BCUT2D eigenvalue weighted by Crippen LogP contribution is -2.39. The van der Waals surface area contributed by atoms with Crippen molar-refractivity contribution in [3.8, 4) is 0 Å². The molecule has 2 aliphatic rings. The van der Waals surface area contributed by atoms with Crippen molar-refractivity contribution in [2.24, 2.45) is 5.41 Å². The third kappa shape index (κ3) is 2.57. The summed E-state index contributed by atoms with van der Waals surface area (Å²) in [7, 11) is 0. The number of nitrogens with zero attached hydrogens (tertiary/aromatic N) is 1. The summed E-state index contributed by atoms with van der Waals surface area (Å²) in [5, 5.41) is 10.0. The number of hydrogen-bond donors (Lipinski definition) is 1. The van der Waals surface area contributed by atoms with Crippen molar-refractivity contribution in [2.45, 2.75) is 58.2 Å². The standard InChI is InChI=1S/C13H23NO3/c1-12(2,3)17-11(16)14-8-7-13(9-14)6-4-5-10(13)15/h10,15H,4-9H2,1-3H3/t10-,13-/m1/s1. The molecule has 0 aromatic rings. The van der Waals surface area contributed by atoms with Gasteiger partial charge in [-0.2, -0.15) is 0 Å². The van der Waals surface area contributed by atoms with Gasteiger partial charge in [0.25, 0.3) is 0 Å². The molecule has 1 aliphatic heterocycles. The maximum atomic E-state index is 11.9. The highest BCUT2D eigenvalue weighted by Crippen LogP contribution is 2.45. The van der Waals surface area contributed by atoms with Crippen LogP contribution in [0.4, 0.5) is 4.79 Å². The topological polar surface area (TPSA) is 49.8 Å². The summed E-state index contributed by atoms with van der Waals surface area (Å²) in [4.78, 5) is 13.7. The van der Waals surface area contributed by atoms with Crippen LogP contribution in [0.2, 0.25) is 0 Å². The number of aliphatic hydroxyl groups is 1. The van der Waals surface area contributed by atoms with Crippen molar-refractivity contribution in [1.29, 1.82) is 0 Å². The van der Waals surface area contributed by atoms with Crippen LogP contribution < -0.4 is 0 Å². The largest absolute Gasteiger partial charge is 0.444 e. The predicted octanol–water partition coefficient (Wildman–Crippen LogP) is 2.16. The van der Waals surface area contributed by atoms with Gasteiger partial charge in [-0.25, -0.2) is 4.79 Å². The summed E-state index contributed by atoms with van der Waals surface area (Å²) in [6.45, 7) is 7.00. The molecule has 1 aliphatic carbocycles. The van der Waals surface area contributed by atoms with E-state index < -0.39 is 5.60 Å². The summed E-state index contributed by atoms with van der Waals surface area (Å²) in [6.07, 6.45) is 3.41. The smallest absolute Gasteiger partial charge is 0.410 e. The number of hydrogen-bond acceptors (Lipinski definition) is 3. The number of aliphatic hydroxyl groups excluding tert-OH is 1. The lowest BCUT2D eigenvalue weighted by atomic mass is 9.83. The minimum Gasteiger partial charge on any atom is -0.444 e. The van der Waals surface area contributed by atoms with E-state index in [-0.39, 0.29) is 17.6 Å². The first-order valence-corrected chi connectivity index (χ1v) is 6.48. The molecule has 0 aromatic heterocycles. The molecule has 1 N–H and O–H groups in total. The van der Waals surface area contributed by atoms with E-state index in [1.807, 2.05) is 20.8 Å². The van der Waals surface area contributed by atoms with Crippen LogP contribution >= 0.6 is 0 Å². The summed E-state index contributed by atoms with van der Waals surface area (Å²) in [5.74, 6) is 0. The van der Waals surface area contributed by atoms with Crippen molar-refractivity contribution in [3.63, 3.8) is 0 Å². The van der Waals surface area contributed by atoms with Gasteiger partial charge in [-0.3, -0.25) is 0 Å². The normalized spacial score (nSPS) is 33.4. The molecule has 0 bridgehead atoms. The van der Waals surface area contributed by atoms with Gasteiger partial charge in [0.2, 0.25) is 0 Å². The number of amides is 1. The first-order chi connectivity index (χ1) is 7.82. The Labute approximate surface area is 103 Å². The Balaban J connectivity index is 1.96. The van der Waals surface area contributed by atoms with E-state index in [9.17, 15) is 9.90 Å². The molecule has 0 aromatic carbocycles. The molecule has 1 saturated heterocycles. The van der Waals surface area contributed by atoms with Gasteiger partial charge in [0.15, 0.2) is 0 Å². The van der Waals surface area contributed by atoms with Gasteiger partial charge >= 0.3 is 6.09 Å². The van der Waals surface area contributed by atoms with E-state index in [0.717, 1.165) is 25.7 Å².